The van der Waals surface area contributed by atoms with Crippen LogP contribution < -0.4 is 0 Å². The van der Waals surface area contributed by atoms with Gasteiger partial charge in [-0.1, -0.05) is 41.6 Å². The van der Waals surface area contributed by atoms with Crippen LogP contribution >= 0.6 is 39.3 Å². The van der Waals surface area contributed by atoms with E-state index < -0.39 is 0 Å². The summed E-state index contributed by atoms with van der Waals surface area (Å²) in [6.45, 7) is 1.58. The first-order valence-electron chi connectivity index (χ1n) is 5.31. The van der Waals surface area contributed by atoms with Crippen molar-refractivity contribution in [3.63, 3.8) is 0 Å². The molecule has 0 amide bonds. The van der Waals surface area contributed by atoms with Crippen molar-refractivity contribution in [1.29, 1.82) is 0 Å². The Balaban J connectivity index is 2.34. The standard InChI is InChI=1S/C14H10BrClOS/c1-9(17)11-4-2-3-5-14(11)18-10-6-7-13(16)12(15)8-10/h2-8H,1H3. The van der Waals surface area contributed by atoms with Gasteiger partial charge in [0.2, 0.25) is 0 Å². The number of Topliss-reactive ketones (excluding diaryl/α,β-unsaturated/α-hetero) is 1. The first-order chi connectivity index (χ1) is 8.58. The van der Waals surface area contributed by atoms with Gasteiger partial charge in [-0.25, -0.2) is 0 Å². The van der Waals surface area contributed by atoms with E-state index in [1.165, 1.54) is 0 Å². The maximum atomic E-state index is 11.5. The molecule has 0 radical (unpaired) electrons. The van der Waals surface area contributed by atoms with Crippen molar-refractivity contribution in [2.24, 2.45) is 0 Å². The normalized spacial score (nSPS) is 10.4. The molecule has 0 unspecified atom stereocenters. The lowest BCUT2D eigenvalue weighted by Crippen LogP contribution is -1.94. The minimum atomic E-state index is 0.0751. The molecule has 4 heteroatoms. The van der Waals surface area contributed by atoms with Gasteiger partial charge >= 0.3 is 0 Å². The van der Waals surface area contributed by atoms with Crippen molar-refractivity contribution < 1.29 is 4.79 Å². The zero-order valence-electron chi connectivity index (χ0n) is 9.61. The molecule has 0 aliphatic heterocycles. The van der Waals surface area contributed by atoms with Crippen molar-refractivity contribution in [1.82, 2.24) is 0 Å². The molecule has 0 aliphatic carbocycles. The third kappa shape index (κ3) is 3.16. The molecule has 0 heterocycles. The third-order valence-corrected chi connectivity index (χ3v) is 4.66. The lowest BCUT2D eigenvalue weighted by atomic mass is 10.1. The average Bonchev–Trinajstić information content (AvgIpc) is 2.34. The van der Waals surface area contributed by atoms with Crippen molar-refractivity contribution in [3.05, 3.63) is 57.5 Å². The number of ketones is 1. The summed E-state index contributed by atoms with van der Waals surface area (Å²) in [5.41, 5.74) is 0.744. The maximum absolute atomic E-state index is 11.5. The highest BCUT2D eigenvalue weighted by Crippen LogP contribution is 2.34. The van der Waals surface area contributed by atoms with Gasteiger partial charge in [-0.05, 0) is 47.1 Å². The maximum Gasteiger partial charge on any atom is 0.160 e. The summed E-state index contributed by atoms with van der Waals surface area (Å²) in [6, 6.07) is 13.3. The van der Waals surface area contributed by atoms with E-state index in [1.807, 2.05) is 42.5 Å². The van der Waals surface area contributed by atoms with Gasteiger partial charge in [0.05, 0.1) is 5.02 Å². The van der Waals surface area contributed by atoms with Gasteiger partial charge in [0.1, 0.15) is 0 Å². The second kappa shape index (κ2) is 5.91. The molecule has 0 aromatic heterocycles. The summed E-state index contributed by atoms with van der Waals surface area (Å²) < 4.78 is 0.856. The number of halogens is 2. The van der Waals surface area contributed by atoms with Crippen LogP contribution in [0, 0.1) is 0 Å². The molecule has 0 spiro atoms. The fraction of sp³-hybridized carbons (Fsp3) is 0.0714. The van der Waals surface area contributed by atoms with E-state index in [9.17, 15) is 4.79 Å². The van der Waals surface area contributed by atoms with Gasteiger partial charge in [0.15, 0.2) is 5.78 Å². The summed E-state index contributed by atoms with van der Waals surface area (Å²) in [4.78, 5) is 13.5. The van der Waals surface area contributed by atoms with Gasteiger partial charge < -0.3 is 0 Å². The molecule has 0 aliphatic rings. The highest BCUT2D eigenvalue weighted by Gasteiger charge is 2.08. The molecule has 2 aromatic rings. The Morgan fingerprint density at radius 3 is 2.61 bits per heavy atom. The molecule has 2 rings (SSSR count). The van der Waals surface area contributed by atoms with E-state index >= 15 is 0 Å². The van der Waals surface area contributed by atoms with Crippen molar-refractivity contribution in [2.75, 3.05) is 0 Å². The first-order valence-corrected chi connectivity index (χ1v) is 7.29. The highest BCUT2D eigenvalue weighted by molar-refractivity contribution is 9.10. The lowest BCUT2D eigenvalue weighted by molar-refractivity contribution is 0.101. The number of hydrogen-bond acceptors (Lipinski definition) is 2. The first kappa shape index (κ1) is 13.7. The topological polar surface area (TPSA) is 17.1 Å². The Hall–Kier alpha value is -0.770. The summed E-state index contributed by atoms with van der Waals surface area (Å²) in [5.74, 6) is 0.0751. The molecule has 0 saturated carbocycles. The van der Waals surface area contributed by atoms with Crippen LogP contribution in [0.15, 0.2) is 56.7 Å². The Morgan fingerprint density at radius 2 is 1.94 bits per heavy atom. The van der Waals surface area contributed by atoms with Gasteiger partial charge in [-0.2, -0.15) is 0 Å². The molecule has 0 saturated heterocycles. The molecular formula is C14H10BrClOS. The van der Waals surface area contributed by atoms with Crippen molar-refractivity contribution in [2.45, 2.75) is 16.7 Å². The summed E-state index contributed by atoms with van der Waals surface area (Å²) in [5, 5.41) is 0.680. The van der Waals surface area contributed by atoms with Crippen molar-refractivity contribution >= 4 is 45.1 Å². The zero-order chi connectivity index (χ0) is 13.1. The number of hydrogen-bond donors (Lipinski definition) is 0. The van der Waals surface area contributed by atoms with Crippen LogP contribution in [0.2, 0.25) is 5.02 Å². The number of benzene rings is 2. The monoisotopic (exact) mass is 340 g/mol. The Kier molecular flexibility index (Phi) is 4.49. The van der Waals surface area contributed by atoms with Crippen LogP contribution in [0.5, 0.6) is 0 Å². The molecule has 18 heavy (non-hydrogen) atoms. The fourth-order valence-electron chi connectivity index (χ4n) is 1.51. The molecule has 0 fully saturated rings. The van der Waals surface area contributed by atoms with Gasteiger partial charge in [-0.15, -0.1) is 0 Å². The van der Waals surface area contributed by atoms with Gasteiger partial charge in [-0.3, -0.25) is 4.79 Å². The third-order valence-electron chi connectivity index (χ3n) is 2.39. The summed E-state index contributed by atoms with van der Waals surface area (Å²) in [7, 11) is 0. The van der Waals surface area contributed by atoms with E-state index in [1.54, 1.807) is 18.7 Å². The van der Waals surface area contributed by atoms with Crippen molar-refractivity contribution in [3.8, 4) is 0 Å². The minimum Gasteiger partial charge on any atom is -0.294 e. The van der Waals surface area contributed by atoms with Crippen LogP contribution in [0.25, 0.3) is 0 Å². The average molecular weight is 342 g/mol. The van der Waals surface area contributed by atoms with E-state index in [0.717, 1.165) is 19.8 Å². The van der Waals surface area contributed by atoms with Crippen LogP contribution in [0.3, 0.4) is 0 Å². The zero-order valence-corrected chi connectivity index (χ0v) is 12.8. The van der Waals surface area contributed by atoms with E-state index in [-0.39, 0.29) is 5.78 Å². The molecule has 0 N–H and O–H groups in total. The summed E-state index contributed by atoms with van der Waals surface area (Å²) in [6.07, 6.45) is 0. The van der Waals surface area contributed by atoms with Crippen LogP contribution in [0.4, 0.5) is 0 Å². The fourth-order valence-corrected chi connectivity index (χ4v) is 3.20. The molecule has 1 nitrogen and oxygen atoms in total. The smallest absolute Gasteiger partial charge is 0.160 e. The second-order valence-electron chi connectivity index (χ2n) is 3.73. The Bertz CT molecular complexity index is 598. The van der Waals surface area contributed by atoms with Crippen LogP contribution in [-0.2, 0) is 0 Å². The molecule has 92 valence electrons. The molecular weight excluding hydrogens is 332 g/mol. The highest BCUT2D eigenvalue weighted by atomic mass is 79.9. The van der Waals surface area contributed by atoms with E-state index in [0.29, 0.717) is 5.02 Å². The lowest BCUT2D eigenvalue weighted by Gasteiger charge is -2.07. The van der Waals surface area contributed by atoms with Crippen LogP contribution in [-0.4, -0.2) is 5.78 Å². The predicted molar refractivity (Wildman–Crippen MR) is 79.7 cm³/mol. The molecule has 0 bridgehead atoms. The quantitative estimate of drug-likeness (QED) is 0.690. The van der Waals surface area contributed by atoms with Crippen LogP contribution in [0.1, 0.15) is 17.3 Å². The summed E-state index contributed by atoms with van der Waals surface area (Å²) >= 11 is 10.9. The Morgan fingerprint density at radius 1 is 1.22 bits per heavy atom. The molecule has 0 atom stereocenters. The number of carbonyl (C=O) groups excluding carboxylic acids is 1. The number of carbonyl (C=O) groups is 1. The Labute approximate surface area is 124 Å². The SMILES string of the molecule is CC(=O)c1ccccc1Sc1ccc(Cl)c(Br)c1. The number of rotatable bonds is 3. The molecule has 2 aromatic carbocycles. The largest absolute Gasteiger partial charge is 0.294 e. The predicted octanol–water partition coefficient (Wildman–Crippen LogP) is 5.46. The van der Waals surface area contributed by atoms with Gasteiger partial charge in [0.25, 0.3) is 0 Å². The van der Waals surface area contributed by atoms with E-state index in [4.69, 9.17) is 11.6 Å². The second-order valence-corrected chi connectivity index (χ2v) is 6.11. The van der Waals surface area contributed by atoms with Gasteiger partial charge in [0, 0.05) is 19.8 Å². The minimum absolute atomic E-state index is 0.0751. The van der Waals surface area contributed by atoms with E-state index in [2.05, 4.69) is 15.9 Å².